The smallest absolute Gasteiger partial charge is 0.226 e. The second-order valence-corrected chi connectivity index (χ2v) is 7.15. The van der Waals surface area contributed by atoms with E-state index in [0.29, 0.717) is 42.4 Å². The van der Waals surface area contributed by atoms with Crippen LogP contribution in [-0.2, 0) is 4.79 Å². The van der Waals surface area contributed by atoms with E-state index in [4.69, 9.17) is 14.2 Å². The Morgan fingerprint density at radius 3 is 2.53 bits per heavy atom. The Labute approximate surface area is 178 Å². The van der Waals surface area contributed by atoms with Crippen molar-refractivity contribution >= 4 is 22.4 Å². The number of benzene rings is 2. The van der Waals surface area contributed by atoms with Gasteiger partial charge in [-0.3, -0.25) is 4.79 Å². The molecular weight excluding hydrogens is 407 g/mol. The lowest BCUT2D eigenvalue weighted by Crippen LogP contribution is -2.12. The number of ether oxygens (including phenoxy) is 3. The summed E-state index contributed by atoms with van der Waals surface area (Å²) in [5, 5.41) is 5.01. The van der Waals surface area contributed by atoms with Crippen molar-refractivity contribution in [1.29, 1.82) is 0 Å². The molecule has 6 nitrogen and oxygen atoms in total. The number of nitrogens with one attached hydrogen (secondary N) is 1. The molecule has 0 atom stereocenters. The molecule has 30 heavy (non-hydrogen) atoms. The Bertz CT molecular complexity index is 976. The Hall–Kier alpha value is -3.13. The summed E-state index contributed by atoms with van der Waals surface area (Å²) in [6.45, 7) is 2.98. The number of rotatable bonds is 10. The third kappa shape index (κ3) is 5.93. The number of hydrogen-bond donors (Lipinski definition) is 1. The van der Waals surface area contributed by atoms with Gasteiger partial charge in [0.05, 0.1) is 26.0 Å². The van der Waals surface area contributed by atoms with Crippen LogP contribution in [0.5, 0.6) is 17.2 Å². The summed E-state index contributed by atoms with van der Waals surface area (Å²) < 4.78 is 29.8. The van der Waals surface area contributed by atoms with E-state index in [0.717, 1.165) is 11.5 Å². The topological polar surface area (TPSA) is 69.7 Å². The number of methoxy groups -OCH3 is 1. The van der Waals surface area contributed by atoms with Crippen LogP contribution in [0.15, 0.2) is 47.8 Å². The van der Waals surface area contributed by atoms with Gasteiger partial charge in [0, 0.05) is 17.4 Å². The van der Waals surface area contributed by atoms with E-state index in [1.165, 1.54) is 24.5 Å². The number of hydrogen-bond acceptors (Lipinski definition) is 6. The van der Waals surface area contributed by atoms with Gasteiger partial charge in [-0.05, 0) is 55.8 Å². The van der Waals surface area contributed by atoms with E-state index in [9.17, 15) is 9.18 Å². The van der Waals surface area contributed by atoms with E-state index < -0.39 is 5.82 Å². The van der Waals surface area contributed by atoms with Crippen LogP contribution in [0.4, 0.5) is 9.52 Å². The predicted molar refractivity (Wildman–Crippen MR) is 115 cm³/mol. The van der Waals surface area contributed by atoms with E-state index >= 15 is 0 Å². The summed E-state index contributed by atoms with van der Waals surface area (Å²) in [5.74, 6) is 1.10. The highest BCUT2D eigenvalue weighted by Crippen LogP contribution is 2.28. The molecule has 0 bridgehead atoms. The molecule has 1 N–H and O–H groups in total. The fourth-order valence-corrected chi connectivity index (χ4v) is 3.43. The van der Waals surface area contributed by atoms with Gasteiger partial charge in [-0.15, -0.1) is 11.3 Å². The lowest BCUT2D eigenvalue weighted by Gasteiger charge is -2.07. The summed E-state index contributed by atoms with van der Waals surface area (Å²) in [7, 11) is 1.41. The Morgan fingerprint density at radius 1 is 1.13 bits per heavy atom. The Morgan fingerprint density at radius 2 is 1.87 bits per heavy atom. The van der Waals surface area contributed by atoms with Gasteiger partial charge in [0.2, 0.25) is 5.91 Å². The first-order chi connectivity index (χ1) is 14.6. The highest BCUT2D eigenvalue weighted by molar-refractivity contribution is 7.14. The number of anilines is 1. The molecule has 0 aliphatic carbocycles. The minimum absolute atomic E-state index is 0.146. The summed E-state index contributed by atoms with van der Waals surface area (Å²) in [4.78, 5) is 16.5. The van der Waals surface area contributed by atoms with Crippen molar-refractivity contribution in [3.8, 4) is 28.5 Å². The quantitative estimate of drug-likeness (QED) is 0.450. The molecule has 158 valence electrons. The molecule has 3 rings (SSSR count). The first-order valence-electron chi connectivity index (χ1n) is 9.54. The lowest BCUT2D eigenvalue weighted by molar-refractivity contribution is -0.116. The highest BCUT2D eigenvalue weighted by Gasteiger charge is 2.11. The van der Waals surface area contributed by atoms with Crippen LogP contribution in [-0.4, -0.2) is 31.2 Å². The fraction of sp³-hybridized carbons (Fsp3) is 0.273. The number of aromatic nitrogens is 1. The Balaban J connectivity index is 1.43. The maximum atomic E-state index is 13.9. The number of nitrogens with zero attached hydrogens (tertiary/aromatic N) is 1. The molecular formula is C22H23FN2O4S. The molecule has 0 saturated heterocycles. The second-order valence-electron chi connectivity index (χ2n) is 6.29. The summed E-state index contributed by atoms with van der Waals surface area (Å²) in [6.07, 6.45) is 0.879. The summed E-state index contributed by atoms with van der Waals surface area (Å²) >= 11 is 1.29. The standard InChI is InChI=1S/C22H23FN2O4S/c1-3-28-16-7-9-17(10-8-16)29-12-4-5-21(26)25-22-24-19(14-30-22)15-6-11-20(27-2)18(23)13-15/h6-11,13-14H,3-5,12H2,1-2H3,(H,24,25,26). The Kier molecular flexibility index (Phi) is 7.62. The molecule has 0 fully saturated rings. The average molecular weight is 431 g/mol. The van der Waals surface area contributed by atoms with Gasteiger partial charge < -0.3 is 19.5 Å². The SMILES string of the molecule is CCOc1ccc(OCCCC(=O)Nc2nc(-c3ccc(OC)c(F)c3)cs2)cc1. The molecule has 0 aliphatic rings. The zero-order valence-electron chi connectivity index (χ0n) is 16.8. The highest BCUT2D eigenvalue weighted by atomic mass is 32.1. The van der Waals surface area contributed by atoms with Crippen molar-refractivity contribution < 1.29 is 23.4 Å². The predicted octanol–water partition coefficient (Wildman–Crippen LogP) is 5.15. The van der Waals surface area contributed by atoms with Crippen molar-refractivity contribution in [3.63, 3.8) is 0 Å². The van der Waals surface area contributed by atoms with Crippen LogP contribution in [0.25, 0.3) is 11.3 Å². The van der Waals surface area contributed by atoms with Crippen molar-refractivity contribution in [2.45, 2.75) is 19.8 Å². The minimum Gasteiger partial charge on any atom is -0.494 e. The van der Waals surface area contributed by atoms with E-state index in [2.05, 4.69) is 10.3 Å². The third-order valence-electron chi connectivity index (χ3n) is 4.15. The normalized spacial score (nSPS) is 10.5. The molecule has 1 heterocycles. The summed E-state index contributed by atoms with van der Waals surface area (Å²) in [5.41, 5.74) is 1.21. The van der Waals surface area contributed by atoms with E-state index in [-0.39, 0.29) is 11.7 Å². The van der Waals surface area contributed by atoms with Crippen LogP contribution >= 0.6 is 11.3 Å². The first kappa shape index (κ1) is 21.6. The van der Waals surface area contributed by atoms with E-state index in [1.54, 1.807) is 17.5 Å². The van der Waals surface area contributed by atoms with Gasteiger partial charge in [-0.2, -0.15) is 0 Å². The van der Waals surface area contributed by atoms with Crippen LogP contribution in [0.3, 0.4) is 0 Å². The zero-order valence-corrected chi connectivity index (χ0v) is 17.6. The van der Waals surface area contributed by atoms with Crippen molar-refractivity contribution in [2.24, 2.45) is 0 Å². The first-order valence-corrected chi connectivity index (χ1v) is 10.4. The second kappa shape index (κ2) is 10.6. The van der Waals surface area contributed by atoms with Crippen LogP contribution in [0.2, 0.25) is 0 Å². The maximum Gasteiger partial charge on any atom is 0.226 e. The van der Waals surface area contributed by atoms with Gasteiger partial charge in [-0.25, -0.2) is 9.37 Å². The van der Waals surface area contributed by atoms with Crippen molar-refractivity contribution in [3.05, 3.63) is 53.7 Å². The van der Waals surface area contributed by atoms with Gasteiger partial charge in [-0.1, -0.05) is 0 Å². The number of carbonyl (C=O) groups excluding carboxylic acids is 1. The van der Waals surface area contributed by atoms with Gasteiger partial charge in [0.1, 0.15) is 11.5 Å². The molecule has 8 heteroatoms. The molecule has 1 amide bonds. The molecule has 3 aromatic rings. The summed E-state index contributed by atoms with van der Waals surface area (Å²) in [6, 6.07) is 12.0. The fourth-order valence-electron chi connectivity index (χ4n) is 2.69. The molecule has 0 saturated carbocycles. The molecule has 0 aliphatic heterocycles. The average Bonchev–Trinajstić information content (AvgIpc) is 3.21. The molecule has 0 radical (unpaired) electrons. The minimum atomic E-state index is -0.457. The molecule has 0 unspecified atom stereocenters. The monoisotopic (exact) mass is 430 g/mol. The molecule has 1 aromatic heterocycles. The molecule has 0 spiro atoms. The van der Waals surface area contributed by atoms with Gasteiger partial charge in [0.15, 0.2) is 16.7 Å². The van der Waals surface area contributed by atoms with Gasteiger partial charge in [0.25, 0.3) is 0 Å². The van der Waals surface area contributed by atoms with E-state index in [1.807, 2.05) is 31.2 Å². The van der Waals surface area contributed by atoms with Crippen LogP contribution in [0.1, 0.15) is 19.8 Å². The molecule has 2 aromatic carbocycles. The maximum absolute atomic E-state index is 13.9. The third-order valence-corrected chi connectivity index (χ3v) is 4.91. The van der Waals surface area contributed by atoms with Crippen molar-refractivity contribution in [1.82, 2.24) is 4.98 Å². The lowest BCUT2D eigenvalue weighted by atomic mass is 10.1. The number of amides is 1. The van der Waals surface area contributed by atoms with Crippen LogP contribution < -0.4 is 19.5 Å². The number of thiazole rings is 1. The zero-order chi connectivity index (χ0) is 21.3. The van der Waals surface area contributed by atoms with Crippen molar-refractivity contribution in [2.75, 3.05) is 25.6 Å². The van der Waals surface area contributed by atoms with Gasteiger partial charge >= 0.3 is 0 Å². The largest absolute Gasteiger partial charge is 0.494 e. The number of carbonyl (C=O) groups is 1. The van der Waals surface area contributed by atoms with Crippen LogP contribution in [0, 0.1) is 5.82 Å². The number of halogens is 1.